The molecule has 0 radical (unpaired) electrons. The quantitative estimate of drug-likeness (QED) is 0.547. The molecule has 2 rings (SSSR count). The third-order valence-corrected chi connectivity index (χ3v) is 2.90. The number of benzene rings is 1. The minimum atomic E-state index is 1.22. The maximum atomic E-state index is 2.25. The van der Waals surface area contributed by atoms with E-state index in [1.165, 1.54) is 17.9 Å². The van der Waals surface area contributed by atoms with E-state index in [1.54, 1.807) is 11.1 Å². The lowest BCUT2D eigenvalue weighted by Gasteiger charge is -2.13. The molecule has 1 heterocycles. The van der Waals surface area contributed by atoms with E-state index >= 15 is 0 Å². The first-order valence-electron chi connectivity index (χ1n) is 3.61. The van der Waals surface area contributed by atoms with E-state index < -0.39 is 0 Å². The van der Waals surface area contributed by atoms with E-state index in [9.17, 15) is 0 Å². The standard InChI is InChI=1S/C9H10S/c1-2-4-9-7-10-6-5-8(9)3-1/h1-4H,5-7H2. The SMILES string of the molecule is c1ccc2c(c1)CCSC2. The van der Waals surface area contributed by atoms with Crippen LogP contribution in [0.25, 0.3) is 0 Å². The molecule has 1 heteroatoms. The van der Waals surface area contributed by atoms with Crippen molar-refractivity contribution in [2.75, 3.05) is 5.75 Å². The molecule has 1 aliphatic rings. The maximum Gasteiger partial charge on any atom is 0.0187 e. The predicted molar refractivity (Wildman–Crippen MR) is 46.3 cm³/mol. The van der Waals surface area contributed by atoms with Crippen molar-refractivity contribution in [1.82, 2.24) is 0 Å². The molecule has 0 saturated heterocycles. The van der Waals surface area contributed by atoms with Crippen LogP contribution in [0.5, 0.6) is 0 Å². The fraction of sp³-hybridized carbons (Fsp3) is 0.333. The Labute approximate surface area is 65.6 Å². The zero-order valence-electron chi connectivity index (χ0n) is 5.84. The molecule has 0 nitrogen and oxygen atoms in total. The van der Waals surface area contributed by atoms with Gasteiger partial charge in [0.25, 0.3) is 0 Å². The molecule has 1 aliphatic heterocycles. The van der Waals surface area contributed by atoms with Crippen molar-refractivity contribution < 1.29 is 0 Å². The van der Waals surface area contributed by atoms with Gasteiger partial charge in [-0.15, -0.1) is 0 Å². The van der Waals surface area contributed by atoms with Gasteiger partial charge >= 0.3 is 0 Å². The lowest BCUT2D eigenvalue weighted by atomic mass is 10.1. The van der Waals surface area contributed by atoms with Crippen LogP contribution in [0.2, 0.25) is 0 Å². The third kappa shape index (κ3) is 1.06. The molecule has 0 spiro atoms. The number of hydrogen-bond donors (Lipinski definition) is 0. The number of thioether (sulfide) groups is 1. The molecule has 1 aromatic carbocycles. The molecule has 0 aliphatic carbocycles. The topological polar surface area (TPSA) is 0 Å². The minimum Gasteiger partial charge on any atom is -0.157 e. The molecule has 0 amide bonds. The molecule has 0 aromatic heterocycles. The smallest absolute Gasteiger partial charge is 0.0187 e. The van der Waals surface area contributed by atoms with Crippen LogP contribution in [-0.2, 0) is 12.2 Å². The average molecular weight is 150 g/mol. The van der Waals surface area contributed by atoms with Gasteiger partial charge in [-0.25, -0.2) is 0 Å². The van der Waals surface area contributed by atoms with Crippen LogP contribution < -0.4 is 0 Å². The second kappa shape index (κ2) is 2.67. The molecule has 0 bridgehead atoms. The van der Waals surface area contributed by atoms with Crippen molar-refractivity contribution in [3.8, 4) is 0 Å². The van der Waals surface area contributed by atoms with Gasteiger partial charge in [0.15, 0.2) is 0 Å². The number of rotatable bonds is 0. The summed E-state index contributed by atoms with van der Waals surface area (Å²) in [6.45, 7) is 0. The summed E-state index contributed by atoms with van der Waals surface area (Å²) in [5.41, 5.74) is 3.10. The van der Waals surface area contributed by atoms with E-state index in [4.69, 9.17) is 0 Å². The average Bonchev–Trinajstić information content (AvgIpc) is 2.05. The lowest BCUT2D eigenvalue weighted by Crippen LogP contribution is -2.00. The third-order valence-electron chi connectivity index (χ3n) is 1.89. The number of hydrogen-bond acceptors (Lipinski definition) is 1. The first-order valence-corrected chi connectivity index (χ1v) is 4.77. The fourth-order valence-electron chi connectivity index (χ4n) is 1.31. The van der Waals surface area contributed by atoms with Crippen LogP contribution in [0.4, 0.5) is 0 Å². The molecule has 0 atom stereocenters. The van der Waals surface area contributed by atoms with Gasteiger partial charge < -0.3 is 0 Å². The van der Waals surface area contributed by atoms with E-state index in [-0.39, 0.29) is 0 Å². The van der Waals surface area contributed by atoms with Crippen LogP contribution in [0.15, 0.2) is 24.3 Å². The molecular formula is C9H10S. The summed E-state index contributed by atoms with van der Waals surface area (Å²) in [7, 11) is 0. The highest BCUT2D eigenvalue weighted by Crippen LogP contribution is 2.23. The summed E-state index contributed by atoms with van der Waals surface area (Å²) in [5.74, 6) is 2.52. The van der Waals surface area contributed by atoms with Crippen molar-refractivity contribution in [3.05, 3.63) is 35.4 Å². The number of fused-ring (bicyclic) bond motifs is 1. The van der Waals surface area contributed by atoms with Crippen LogP contribution in [0, 0.1) is 0 Å². The fourth-order valence-corrected chi connectivity index (χ4v) is 2.32. The molecule has 0 saturated carbocycles. The molecule has 1 aromatic rings. The molecule has 0 N–H and O–H groups in total. The maximum absolute atomic E-state index is 2.25. The Morgan fingerprint density at radius 3 is 2.70 bits per heavy atom. The molecular weight excluding hydrogens is 140 g/mol. The van der Waals surface area contributed by atoms with Gasteiger partial charge in [-0.1, -0.05) is 24.3 Å². The Hall–Kier alpha value is -0.430. The van der Waals surface area contributed by atoms with Crippen molar-refractivity contribution in [2.45, 2.75) is 12.2 Å². The normalized spacial score (nSPS) is 16.4. The Morgan fingerprint density at radius 2 is 1.90 bits per heavy atom. The van der Waals surface area contributed by atoms with Crippen LogP contribution in [-0.4, -0.2) is 5.75 Å². The monoisotopic (exact) mass is 150 g/mol. The highest BCUT2D eigenvalue weighted by Gasteiger charge is 2.06. The first-order chi connectivity index (χ1) is 4.97. The summed E-state index contributed by atoms with van der Waals surface area (Å²) < 4.78 is 0. The van der Waals surface area contributed by atoms with Crippen LogP contribution >= 0.6 is 11.8 Å². The van der Waals surface area contributed by atoms with Crippen molar-refractivity contribution in [2.24, 2.45) is 0 Å². The van der Waals surface area contributed by atoms with E-state index in [1.807, 2.05) is 11.8 Å². The number of aryl methyl sites for hydroxylation is 1. The predicted octanol–water partition coefficient (Wildman–Crippen LogP) is 2.48. The van der Waals surface area contributed by atoms with Gasteiger partial charge in [-0.2, -0.15) is 11.8 Å². The van der Waals surface area contributed by atoms with Crippen molar-refractivity contribution >= 4 is 11.8 Å². The summed E-state index contributed by atoms with van der Waals surface area (Å²) in [6.07, 6.45) is 1.26. The highest BCUT2D eigenvalue weighted by molar-refractivity contribution is 7.98. The van der Waals surface area contributed by atoms with E-state index in [0.29, 0.717) is 0 Å². The molecule has 0 fully saturated rings. The highest BCUT2D eigenvalue weighted by atomic mass is 32.2. The van der Waals surface area contributed by atoms with Crippen molar-refractivity contribution in [3.63, 3.8) is 0 Å². The zero-order valence-corrected chi connectivity index (χ0v) is 6.66. The second-order valence-electron chi connectivity index (χ2n) is 2.57. The van der Waals surface area contributed by atoms with Gasteiger partial charge in [0.05, 0.1) is 0 Å². The van der Waals surface area contributed by atoms with Crippen molar-refractivity contribution in [1.29, 1.82) is 0 Å². The summed E-state index contributed by atoms with van der Waals surface area (Å²) >= 11 is 2.04. The lowest BCUT2D eigenvalue weighted by molar-refractivity contribution is 1.09. The van der Waals surface area contributed by atoms with Gasteiger partial charge in [0.1, 0.15) is 0 Å². The zero-order chi connectivity index (χ0) is 6.81. The largest absolute Gasteiger partial charge is 0.157 e. The van der Waals surface area contributed by atoms with Gasteiger partial charge in [-0.3, -0.25) is 0 Å². The molecule has 52 valence electrons. The molecule has 10 heavy (non-hydrogen) atoms. The summed E-state index contributed by atoms with van der Waals surface area (Å²) in [6, 6.07) is 8.75. The second-order valence-corrected chi connectivity index (χ2v) is 3.68. The van der Waals surface area contributed by atoms with Crippen LogP contribution in [0.3, 0.4) is 0 Å². The Balaban J connectivity index is 2.41. The van der Waals surface area contributed by atoms with Gasteiger partial charge in [0, 0.05) is 5.75 Å². The first kappa shape index (κ1) is 6.29. The van der Waals surface area contributed by atoms with E-state index in [0.717, 1.165) is 0 Å². The summed E-state index contributed by atoms with van der Waals surface area (Å²) in [4.78, 5) is 0. The van der Waals surface area contributed by atoms with Crippen LogP contribution in [0.1, 0.15) is 11.1 Å². The van der Waals surface area contributed by atoms with Gasteiger partial charge in [0.2, 0.25) is 0 Å². The Bertz CT molecular complexity index is 205. The summed E-state index contributed by atoms with van der Waals surface area (Å²) in [5, 5.41) is 0. The Kier molecular flexibility index (Phi) is 1.68. The minimum absolute atomic E-state index is 1.22. The van der Waals surface area contributed by atoms with E-state index in [2.05, 4.69) is 24.3 Å². The van der Waals surface area contributed by atoms with Gasteiger partial charge in [-0.05, 0) is 23.3 Å². The Morgan fingerprint density at radius 1 is 1.10 bits per heavy atom. The molecule has 0 unspecified atom stereocenters.